The highest BCUT2D eigenvalue weighted by Crippen LogP contribution is 2.32. The van der Waals surface area contributed by atoms with Gasteiger partial charge in [-0.15, -0.1) is 0 Å². The number of fused-ring (bicyclic) bond motifs is 1. The zero-order valence-corrected chi connectivity index (χ0v) is 12.9. The summed E-state index contributed by atoms with van der Waals surface area (Å²) in [4.78, 5) is 4.27. The van der Waals surface area contributed by atoms with Crippen LogP contribution >= 0.6 is 12.2 Å². The maximum absolute atomic E-state index is 5.35. The number of aromatic nitrogens is 1. The Labute approximate surface area is 134 Å². The molecule has 0 saturated heterocycles. The molecule has 1 aliphatic heterocycles. The van der Waals surface area contributed by atoms with Gasteiger partial charge in [-0.05, 0) is 42.0 Å². The summed E-state index contributed by atoms with van der Waals surface area (Å²) in [5, 5.41) is 6.99. The van der Waals surface area contributed by atoms with Crippen LogP contribution in [0.5, 0.6) is 11.5 Å². The van der Waals surface area contributed by atoms with E-state index >= 15 is 0 Å². The Balaban J connectivity index is 1.41. The van der Waals surface area contributed by atoms with E-state index in [9.17, 15) is 0 Å². The standard InChI is InChI=1S/C16H17N3O2S/c22-16(18-8-6-13-3-1-2-7-17-13)19-10-12-4-5-14-15(9-12)21-11-20-14/h1-5,7,9H,6,8,10-11H2,(H2,18,19,22). The van der Waals surface area contributed by atoms with Gasteiger partial charge in [0.05, 0.1) is 0 Å². The van der Waals surface area contributed by atoms with Crippen molar-refractivity contribution >= 4 is 17.3 Å². The van der Waals surface area contributed by atoms with Gasteiger partial charge in [-0.25, -0.2) is 0 Å². The fourth-order valence-electron chi connectivity index (χ4n) is 2.15. The third-order valence-corrected chi connectivity index (χ3v) is 3.57. The molecule has 0 radical (unpaired) electrons. The van der Waals surface area contributed by atoms with Crippen LogP contribution in [0.3, 0.4) is 0 Å². The van der Waals surface area contributed by atoms with E-state index in [1.165, 1.54) is 0 Å². The van der Waals surface area contributed by atoms with Gasteiger partial charge in [-0.3, -0.25) is 4.98 Å². The van der Waals surface area contributed by atoms with E-state index in [-0.39, 0.29) is 0 Å². The smallest absolute Gasteiger partial charge is 0.231 e. The number of nitrogens with one attached hydrogen (secondary N) is 2. The molecule has 22 heavy (non-hydrogen) atoms. The number of benzene rings is 1. The van der Waals surface area contributed by atoms with E-state index in [1.807, 2.05) is 36.4 Å². The Morgan fingerprint density at radius 2 is 2.05 bits per heavy atom. The molecular weight excluding hydrogens is 298 g/mol. The van der Waals surface area contributed by atoms with Gasteiger partial charge in [0.1, 0.15) is 0 Å². The van der Waals surface area contributed by atoms with Crippen molar-refractivity contribution in [3.63, 3.8) is 0 Å². The van der Waals surface area contributed by atoms with Crippen LogP contribution in [0.1, 0.15) is 11.3 Å². The molecule has 1 aliphatic rings. The van der Waals surface area contributed by atoms with Crippen LogP contribution in [0, 0.1) is 0 Å². The van der Waals surface area contributed by atoms with Crippen LogP contribution in [-0.2, 0) is 13.0 Å². The Morgan fingerprint density at radius 3 is 2.91 bits per heavy atom. The molecular formula is C16H17N3O2S. The summed E-state index contributed by atoms with van der Waals surface area (Å²) in [7, 11) is 0. The number of nitrogens with zero attached hydrogens (tertiary/aromatic N) is 1. The molecule has 0 spiro atoms. The van der Waals surface area contributed by atoms with Crippen LogP contribution in [0.2, 0.25) is 0 Å². The highest BCUT2D eigenvalue weighted by atomic mass is 32.1. The lowest BCUT2D eigenvalue weighted by atomic mass is 10.2. The number of pyridine rings is 1. The van der Waals surface area contributed by atoms with Gasteiger partial charge in [0.15, 0.2) is 16.6 Å². The van der Waals surface area contributed by atoms with E-state index in [4.69, 9.17) is 21.7 Å². The minimum Gasteiger partial charge on any atom is -0.454 e. The molecule has 2 heterocycles. The zero-order chi connectivity index (χ0) is 15.2. The molecule has 5 nitrogen and oxygen atoms in total. The predicted octanol–water partition coefficient (Wildman–Crippen LogP) is 2.02. The average Bonchev–Trinajstić information content (AvgIpc) is 3.01. The summed E-state index contributed by atoms with van der Waals surface area (Å²) in [5.41, 5.74) is 2.15. The molecule has 2 aromatic rings. The normalized spacial score (nSPS) is 12.0. The van der Waals surface area contributed by atoms with Gasteiger partial charge < -0.3 is 20.1 Å². The maximum atomic E-state index is 5.35. The molecule has 0 fully saturated rings. The lowest BCUT2D eigenvalue weighted by Gasteiger charge is -2.10. The SMILES string of the molecule is S=C(NCCc1ccccn1)NCc1ccc2c(c1)OCO2. The molecule has 1 aromatic carbocycles. The van der Waals surface area contributed by atoms with Crippen LogP contribution in [0.25, 0.3) is 0 Å². The first-order chi connectivity index (χ1) is 10.8. The molecule has 0 saturated carbocycles. The Kier molecular flexibility index (Phi) is 4.70. The number of thiocarbonyl (C=S) groups is 1. The van der Waals surface area contributed by atoms with E-state index in [0.717, 1.165) is 35.7 Å². The molecule has 114 valence electrons. The molecule has 0 atom stereocenters. The monoisotopic (exact) mass is 315 g/mol. The summed E-state index contributed by atoms with van der Waals surface area (Å²) in [5.74, 6) is 1.58. The second-order valence-electron chi connectivity index (χ2n) is 4.87. The largest absolute Gasteiger partial charge is 0.454 e. The van der Waals surface area contributed by atoms with E-state index in [2.05, 4.69) is 15.6 Å². The average molecular weight is 315 g/mol. The summed E-state index contributed by atoms with van der Waals surface area (Å²) in [6.45, 7) is 1.69. The fraction of sp³-hybridized carbons (Fsp3) is 0.250. The van der Waals surface area contributed by atoms with Gasteiger partial charge in [0, 0.05) is 31.4 Å². The molecule has 6 heteroatoms. The summed E-state index contributed by atoms with van der Waals surface area (Å²) in [6, 6.07) is 11.8. The fourth-order valence-corrected chi connectivity index (χ4v) is 2.32. The van der Waals surface area contributed by atoms with Crippen LogP contribution < -0.4 is 20.1 Å². The van der Waals surface area contributed by atoms with E-state index in [0.29, 0.717) is 18.5 Å². The van der Waals surface area contributed by atoms with Crippen LogP contribution in [-0.4, -0.2) is 23.4 Å². The zero-order valence-electron chi connectivity index (χ0n) is 12.0. The van der Waals surface area contributed by atoms with Gasteiger partial charge in [-0.1, -0.05) is 12.1 Å². The third-order valence-electron chi connectivity index (χ3n) is 3.28. The van der Waals surface area contributed by atoms with Gasteiger partial charge in [0.2, 0.25) is 6.79 Å². The van der Waals surface area contributed by atoms with Gasteiger partial charge >= 0.3 is 0 Å². The molecule has 0 unspecified atom stereocenters. The van der Waals surface area contributed by atoms with E-state index in [1.54, 1.807) is 6.20 Å². The third kappa shape index (κ3) is 3.85. The second-order valence-corrected chi connectivity index (χ2v) is 5.28. The van der Waals surface area contributed by atoms with Crippen LogP contribution in [0.4, 0.5) is 0 Å². The number of rotatable bonds is 5. The first-order valence-electron chi connectivity index (χ1n) is 7.11. The Morgan fingerprint density at radius 1 is 1.14 bits per heavy atom. The molecule has 3 rings (SSSR count). The lowest BCUT2D eigenvalue weighted by Crippen LogP contribution is -2.35. The molecule has 2 N–H and O–H groups in total. The van der Waals surface area contributed by atoms with Crippen molar-refractivity contribution in [1.82, 2.24) is 15.6 Å². The second kappa shape index (κ2) is 7.09. The molecule has 0 bridgehead atoms. The maximum Gasteiger partial charge on any atom is 0.231 e. The number of hydrogen-bond donors (Lipinski definition) is 2. The predicted molar refractivity (Wildman–Crippen MR) is 87.9 cm³/mol. The minimum atomic E-state index is 0.291. The highest BCUT2D eigenvalue weighted by Gasteiger charge is 2.12. The van der Waals surface area contributed by atoms with E-state index < -0.39 is 0 Å². The molecule has 0 amide bonds. The topological polar surface area (TPSA) is 55.4 Å². The van der Waals surface area contributed by atoms with Crippen molar-refractivity contribution in [3.05, 3.63) is 53.9 Å². The molecule has 0 aliphatic carbocycles. The van der Waals surface area contributed by atoms with Crippen LogP contribution in [0.15, 0.2) is 42.6 Å². The first kappa shape index (κ1) is 14.6. The minimum absolute atomic E-state index is 0.291. The quantitative estimate of drug-likeness (QED) is 0.823. The Hall–Kier alpha value is -2.34. The van der Waals surface area contributed by atoms with Crippen molar-refractivity contribution in [2.24, 2.45) is 0 Å². The first-order valence-corrected chi connectivity index (χ1v) is 7.52. The number of ether oxygens (including phenoxy) is 2. The van der Waals surface area contributed by atoms with Crippen molar-refractivity contribution in [2.45, 2.75) is 13.0 Å². The van der Waals surface area contributed by atoms with Crippen molar-refractivity contribution in [3.8, 4) is 11.5 Å². The lowest BCUT2D eigenvalue weighted by molar-refractivity contribution is 0.174. The van der Waals surface area contributed by atoms with Gasteiger partial charge in [0.25, 0.3) is 0 Å². The van der Waals surface area contributed by atoms with Crippen molar-refractivity contribution in [1.29, 1.82) is 0 Å². The summed E-state index contributed by atoms with van der Waals surface area (Å²) < 4.78 is 10.6. The highest BCUT2D eigenvalue weighted by molar-refractivity contribution is 7.80. The molecule has 1 aromatic heterocycles. The Bertz CT molecular complexity index is 649. The summed E-state index contributed by atoms with van der Waals surface area (Å²) in [6.07, 6.45) is 2.64. The number of hydrogen-bond acceptors (Lipinski definition) is 4. The summed E-state index contributed by atoms with van der Waals surface area (Å²) >= 11 is 5.27. The van der Waals surface area contributed by atoms with Gasteiger partial charge in [-0.2, -0.15) is 0 Å². The van der Waals surface area contributed by atoms with Crippen molar-refractivity contribution in [2.75, 3.05) is 13.3 Å². The van der Waals surface area contributed by atoms with Crippen molar-refractivity contribution < 1.29 is 9.47 Å².